The van der Waals surface area contributed by atoms with E-state index < -0.39 is 0 Å². The van der Waals surface area contributed by atoms with Crippen LogP contribution in [0.25, 0.3) is 10.1 Å². The van der Waals surface area contributed by atoms with Crippen LogP contribution in [0.15, 0.2) is 30.3 Å². The van der Waals surface area contributed by atoms with Crippen molar-refractivity contribution in [1.29, 1.82) is 5.26 Å². The first-order valence-corrected chi connectivity index (χ1v) is 5.01. The van der Waals surface area contributed by atoms with Crippen LogP contribution in [0.5, 0.6) is 0 Å². The van der Waals surface area contributed by atoms with Gasteiger partial charge >= 0.3 is 0 Å². The Morgan fingerprint density at radius 1 is 1.43 bits per heavy atom. The minimum atomic E-state index is -0.0892. The number of hydrogen-bond donors (Lipinski definition) is 0. The Bertz CT molecular complexity index is 488. The fourth-order valence-corrected chi connectivity index (χ4v) is 2.28. The molecule has 1 aromatic heterocycles. The van der Waals surface area contributed by atoms with E-state index in [1.807, 2.05) is 36.4 Å². The van der Waals surface area contributed by atoms with Crippen molar-refractivity contribution >= 4 is 27.2 Å². The molecule has 0 saturated heterocycles. The zero-order valence-electron chi connectivity index (χ0n) is 7.36. The maximum absolute atomic E-state index is 11.4. The second-order valence-electron chi connectivity index (χ2n) is 2.91. The summed E-state index contributed by atoms with van der Waals surface area (Å²) in [6, 6.07) is 11.5. The average molecular weight is 201 g/mol. The monoisotopic (exact) mass is 201 g/mol. The summed E-state index contributed by atoms with van der Waals surface area (Å²) >= 11 is 1.44. The van der Waals surface area contributed by atoms with Gasteiger partial charge in [-0.1, -0.05) is 18.2 Å². The van der Waals surface area contributed by atoms with E-state index in [2.05, 4.69) is 0 Å². The second-order valence-corrected chi connectivity index (χ2v) is 3.99. The number of carbonyl (C=O) groups is 1. The lowest BCUT2D eigenvalue weighted by molar-refractivity contribution is 0.100. The van der Waals surface area contributed by atoms with Crippen LogP contribution in [0.3, 0.4) is 0 Å². The van der Waals surface area contributed by atoms with Crippen molar-refractivity contribution in [1.82, 2.24) is 0 Å². The van der Waals surface area contributed by atoms with Crippen molar-refractivity contribution < 1.29 is 4.79 Å². The van der Waals surface area contributed by atoms with Gasteiger partial charge in [0.25, 0.3) is 0 Å². The van der Waals surface area contributed by atoms with Crippen LogP contribution in [0, 0.1) is 11.3 Å². The average Bonchev–Trinajstić information content (AvgIpc) is 2.61. The molecule has 1 aromatic carbocycles. The number of rotatable bonds is 2. The van der Waals surface area contributed by atoms with Crippen LogP contribution >= 0.6 is 11.3 Å². The van der Waals surface area contributed by atoms with Crippen molar-refractivity contribution in [3.05, 3.63) is 35.2 Å². The number of benzene rings is 1. The number of hydrogen-bond acceptors (Lipinski definition) is 3. The molecule has 0 spiro atoms. The van der Waals surface area contributed by atoms with E-state index in [0.717, 1.165) is 10.1 Å². The summed E-state index contributed by atoms with van der Waals surface area (Å²) in [5.41, 5.74) is 0. The van der Waals surface area contributed by atoms with E-state index in [4.69, 9.17) is 5.26 Å². The Kier molecular flexibility index (Phi) is 2.30. The molecule has 2 aromatic rings. The van der Waals surface area contributed by atoms with E-state index in [1.54, 1.807) is 0 Å². The third-order valence-corrected chi connectivity index (χ3v) is 3.10. The third kappa shape index (κ3) is 1.52. The Hall–Kier alpha value is -1.66. The van der Waals surface area contributed by atoms with Crippen LogP contribution in [0.1, 0.15) is 16.1 Å². The quantitative estimate of drug-likeness (QED) is 0.701. The highest BCUT2D eigenvalue weighted by molar-refractivity contribution is 7.20. The van der Waals surface area contributed by atoms with Gasteiger partial charge in [-0.25, -0.2) is 0 Å². The number of fused-ring (bicyclic) bond motifs is 1. The summed E-state index contributed by atoms with van der Waals surface area (Å²) in [6.45, 7) is 0. The number of nitrogens with zero attached hydrogens (tertiary/aromatic N) is 1. The minimum Gasteiger partial charge on any atom is -0.292 e. The number of ketones is 1. The Balaban J connectivity index is 2.46. The van der Waals surface area contributed by atoms with E-state index in [-0.39, 0.29) is 12.2 Å². The summed E-state index contributed by atoms with van der Waals surface area (Å²) in [7, 11) is 0. The molecule has 0 radical (unpaired) electrons. The van der Waals surface area contributed by atoms with Crippen molar-refractivity contribution in [2.75, 3.05) is 0 Å². The lowest BCUT2D eigenvalue weighted by Crippen LogP contribution is -1.91. The van der Waals surface area contributed by atoms with Crippen LogP contribution < -0.4 is 0 Å². The van der Waals surface area contributed by atoms with Gasteiger partial charge in [0.15, 0.2) is 5.78 Å². The van der Waals surface area contributed by atoms with Gasteiger partial charge in [0.2, 0.25) is 0 Å². The zero-order chi connectivity index (χ0) is 9.97. The fourth-order valence-electron chi connectivity index (χ4n) is 1.28. The second kappa shape index (κ2) is 3.60. The van der Waals surface area contributed by atoms with Gasteiger partial charge in [-0.2, -0.15) is 5.26 Å². The molecular formula is C11H7NOS. The summed E-state index contributed by atoms with van der Waals surface area (Å²) in [5.74, 6) is -0.0892. The van der Waals surface area contributed by atoms with Crippen molar-refractivity contribution in [3.8, 4) is 6.07 Å². The van der Waals surface area contributed by atoms with Crippen LogP contribution in [0.2, 0.25) is 0 Å². The lowest BCUT2D eigenvalue weighted by atomic mass is 10.2. The molecule has 68 valence electrons. The van der Waals surface area contributed by atoms with Crippen molar-refractivity contribution in [3.63, 3.8) is 0 Å². The zero-order valence-corrected chi connectivity index (χ0v) is 8.17. The number of Topliss-reactive ketones (excluding diaryl/α,β-unsaturated/α-hetero) is 1. The van der Waals surface area contributed by atoms with Gasteiger partial charge in [-0.05, 0) is 17.5 Å². The smallest absolute Gasteiger partial charge is 0.186 e. The van der Waals surface area contributed by atoms with Gasteiger partial charge in [0.1, 0.15) is 0 Å². The maximum atomic E-state index is 11.4. The normalized spacial score (nSPS) is 9.93. The van der Waals surface area contributed by atoms with Crippen LogP contribution in [-0.4, -0.2) is 5.78 Å². The predicted octanol–water partition coefficient (Wildman–Crippen LogP) is 3.00. The van der Waals surface area contributed by atoms with E-state index in [0.29, 0.717) is 4.88 Å². The highest BCUT2D eigenvalue weighted by Crippen LogP contribution is 2.25. The Morgan fingerprint density at radius 3 is 2.93 bits per heavy atom. The number of thiophene rings is 1. The topological polar surface area (TPSA) is 40.9 Å². The van der Waals surface area contributed by atoms with E-state index in [1.165, 1.54) is 11.3 Å². The Labute approximate surface area is 85.4 Å². The predicted molar refractivity (Wildman–Crippen MR) is 56.4 cm³/mol. The molecule has 14 heavy (non-hydrogen) atoms. The first-order valence-electron chi connectivity index (χ1n) is 4.20. The molecule has 2 rings (SSSR count). The summed E-state index contributed by atoms with van der Waals surface area (Å²) < 4.78 is 1.09. The molecule has 3 heteroatoms. The largest absolute Gasteiger partial charge is 0.292 e. The molecule has 0 atom stereocenters. The maximum Gasteiger partial charge on any atom is 0.186 e. The Morgan fingerprint density at radius 2 is 2.21 bits per heavy atom. The highest BCUT2D eigenvalue weighted by atomic mass is 32.1. The van der Waals surface area contributed by atoms with Gasteiger partial charge in [-0.3, -0.25) is 4.79 Å². The van der Waals surface area contributed by atoms with Crippen LogP contribution in [-0.2, 0) is 0 Å². The van der Waals surface area contributed by atoms with Gasteiger partial charge in [0.05, 0.1) is 17.4 Å². The molecule has 0 amide bonds. The summed E-state index contributed by atoms with van der Waals surface area (Å²) in [6.07, 6.45) is -0.0349. The van der Waals surface area contributed by atoms with Crippen LogP contribution in [0.4, 0.5) is 0 Å². The van der Waals surface area contributed by atoms with E-state index in [9.17, 15) is 4.79 Å². The summed E-state index contributed by atoms with van der Waals surface area (Å²) in [5, 5.41) is 9.47. The molecule has 0 saturated carbocycles. The van der Waals surface area contributed by atoms with Gasteiger partial charge in [-0.15, -0.1) is 11.3 Å². The minimum absolute atomic E-state index is 0.0349. The molecular weight excluding hydrogens is 194 g/mol. The first-order chi connectivity index (χ1) is 6.81. The molecule has 0 bridgehead atoms. The first kappa shape index (κ1) is 8.92. The summed E-state index contributed by atoms with van der Waals surface area (Å²) in [4.78, 5) is 12.1. The van der Waals surface area contributed by atoms with Gasteiger partial charge < -0.3 is 0 Å². The highest BCUT2D eigenvalue weighted by Gasteiger charge is 2.08. The fraction of sp³-hybridized carbons (Fsp3) is 0.0909. The molecule has 0 aliphatic rings. The standard InChI is InChI=1S/C11H7NOS/c12-6-5-9(13)11-7-8-3-1-2-4-10(8)14-11/h1-4,7H,5H2. The van der Waals surface area contributed by atoms with Crippen molar-refractivity contribution in [2.45, 2.75) is 6.42 Å². The van der Waals surface area contributed by atoms with Crippen molar-refractivity contribution in [2.24, 2.45) is 0 Å². The molecule has 0 N–H and O–H groups in total. The number of carbonyl (C=O) groups excluding carboxylic acids is 1. The molecule has 0 aliphatic carbocycles. The molecule has 1 heterocycles. The van der Waals surface area contributed by atoms with Gasteiger partial charge in [0, 0.05) is 4.70 Å². The molecule has 2 nitrogen and oxygen atoms in total. The van der Waals surface area contributed by atoms with E-state index >= 15 is 0 Å². The number of nitriles is 1. The molecule has 0 fully saturated rings. The third-order valence-electron chi connectivity index (χ3n) is 1.94. The lowest BCUT2D eigenvalue weighted by Gasteiger charge is -1.85. The molecule has 0 unspecified atom stereocenters. The SMILES string of the molecule is N#CCC(=O)c1cc2ccccc2s1. The molecule has 0 aliphatic heterocycles.